The molecular weight excluding hydrogens is 395 g/mol. The standard InChI is InChI=1S/C24H29FN4O2/c1-4-17-6-11-22-18(14-17)15-19(23(30)27-22)16-29(13-5-12-28(2)3)24(31)26-21-9-7-20(25)8-10-21/h6-11,14-15H,4-5,12-13,16H2,1-3H3,(H,26,31)(H,27,30)/p+1. The molecule has 0 aliphatic rings. The van der Waals surface area contributed by atoms with E-state index in [1.54, 1.807) is 4.90 Å². The van der Waals surface area contributed by atoms with Gasteiger partial charge in [-0.15, -0.1) is 0 Å². The van der Waals surface area contributed by atoms with Gasteiger partial charge in [-0.05, 0) is 59.8 Å². The third-order valence-corrected chi connectivity index (χ3v) is 5.24. The highest BCUT2D eigenvalue weighted by Gasteiger charge is 2.17. The predicted molar refractivity (Wildman–Crippen MR) is 122 cm³/mol. The molecule has 1 heterocycles. The normalized spacial score (nSPS) is 11.1. The first kappa shape index (κ1) is 22.5. The van der Waals surface area contributed by atoms with E-state index in [4.69, 9.17) is 0 Å². The second kappa shape index (κ2) is 10.2. The van der Waals surface area contributed by atoms with E-state index in [9.17, 15) is 14.0 Å². The molecule has 2 aromatic carbocycles. The summed E-state index contributed by atoms with van der Waals surface area (Å²) in [5.41, 5.74) is 2.81. The quantitative estimate of drug-likeness (QED) is 0.520. The van der Waals surface area contributed by atoms with Crippen LogP contribution in [0.5, 0.6) is 0 Å². The number of urea groups is 1. The van der Waals surface area contributed by atoms with Crippen LogP contribution in [0.15, 0.2) is 53.3 Å². The van der Waals surface area contributed by atoms with Crippen molar-refractivity contribution >= 4 is 22.6 Å². The van der Waals surface area contributed by atoms with E-state index >= 15 is 0 Å². The lowest BCUT2D eigenvalue weighted by Crippen LogP contribution is -3.05. The van der Waals surface area contributed by atoms with Crippen molar-refractivity contribution < 1.29 is 14.1 Å². The minimum Gasteiger partial charge on any atom is -0.340 e. The molecule has 2 amide bonds. The molecule has 3 N–H and O–H groups in total. The molecule has 3 aromatic rings. The molecule has 0 aliphatic heterocycles. The number of rotatable bonds is 8. The van der Waals surface area contributed by atoms with Crippen LogP contribution in [0.1, 0.15) is 24.5 Å². The van der Waals surface area contributed by atoms with Crippen LogP contribution in [0, 0.1) is 5.82 Å². The number of nitrogens with zero attached hydrogens (tertiary/aromatic N) is 1. The summed E-state index contributed by atoms with van der Waals surface area (Å²) in [6.45, 7) is 3.68. The molecule has 3 rings (SSSR count). The summed E-state index contributed by atoms with van der Waals surface area (Å²) in [7, 11) is 4.12. The summed E-state index contributed by atoms with van der Waals surface area (Å²) in [5.74, 6) is -0.363. The molecule has 0 bridgehead atoms. The molecular formula is C24H30FN4O2+. The molecule has 31 heavy (non-hydrogen) atoms. The summed E-state index contributed by atoms with van der Waals surface area (Å²) < 4.78 is 13.2. The Morgan fingerprint density at radius 3 is 2.55 bits per heavy atom. The van der Waals surface area contributed by atoms with Crippen molar-refractivity contribution in [1.82, 2.24) is 9.88 Å². The van der Waals surface area contributed by atoms with Gasteiger partial charge in [0.15, 0.2) is 0 Å². The summed E-state index contributed by atoms with van der Waals surface area (Å²) in [6.07, 6.45) is 1.70. The Labute approximate surface area is 181 Å². The van der Waals surface area contributed by atoms with Crippen molar-refractivity contribution in [1.29, 1.82) is 0 Å². The molecule has 7 heteroatoms. The summed E-state index contributed by atoms with van der Waals surface area (Å²) in [4.78, 5) is 31.5. The van der Waals surface area contributed by atoms with E-state index in [2.05, 4.69) is 37.4 Å². The van der Waals surface area contributed by atoms with Gasteiger partial charge in [-0.2, -0.15) is 0 Å². The Morgan fingerprint density at radius 2 is 1.87 bits per heavy atom. The van der Waals surface area contributed by atoms with Crippen LogP contribution in [-0.2, 0) is 13.0 Å². The number of aromatic amines is 1. The predicted octanol–water partition coefficient (Wildman–Crippen LogP) is 2.80. The van der Waals surface area contributed by atoms with Crippen LogP contribution in [-0.4, -0.2) is 43.1 Å². The van der Waals surface area contributed by atoms with Gasteiger partial charge in [-0.25, -0.2) is 9.18 Å². The topological polar surface area (TPSA) is 69.6 Å². The average Bonchev–Trinajstić information content (AvgIpc) is 2.74. The second-order valence-corrected chi connectivity index (χ2v) is 8.07. The molecule has 0 unspecified atom stereocenters. The SMILES string of the molecule is CCc1ccc2[nH]c(=O)c(CN(CCC[NH+](C)C)C(=O)Nc3ccc(F)cc3)cc2c1. The van der Waals surface area contributed by atoms with Crippen molar-refractivity contribution in [2.24, 2.45) is 0 Å². The van der Waals surface area contributed by atoms with Gasteiger partial charge in [-0.1, -0.05) is 13.0 Å². The van der Waals surface area contributed by atoms with Gasteiger partial charge in [0.25, 0.3) is 5.56 Å². The van der Waals surface area contributed by atoms with Gasteiger partial charge >= 0.3 is 6.03 Å². The van der Waals surface area contributed by atoms with Gasteiger partial charge in [0, 0.05) is 29.7 Å². The third kappa shape index (κ3) is 6.15. The van der Waals surface area contributed by atoms with Gasteiger partial charge in [0.1, 0.15) is 5.82 Å². The molecule has 0 fully saturated rings. The monoisotopic (exact) mass is 425 g/mol. The zero-order valence-corrected chi connectivity index (χ0v) is 18.3. The number of H-pyrrole nitrogens is 1. The number of carbonyl (C=O) groups is 1. The van der Waals surface area contributed by atoms with E-state index < -0.39 is 0 Å². The van der Waals surface area contributed by atoms with Gasteiger partial charge in [0.05, 0.1) is 27.2 Å². The molecule has 6 nitrogen and oxygen atoms in total. The van der Waals surface area contributed by atoms with Crippen molar-refractivity contribution in [2.75, 3.05) is 32.5 Å². The van der Waals surface area contributed by atoms with E-state index in [-0.39, 0.29) is 24.0 Å². The van der Waals surface area contributed by atoms with Crippen LogP contribution in [0.3, 0.4) is 0 Å². The molecule has 0 saturated carbocycles. The minimum atomic E-state index is -0.363. The fraction of sp³-hybridized carbons (Fsp3) is 0.333. The number of aryl methyl sites for hydroxylation is 1. The maximum Gasteiger partial charge on any atom is 0.322 e. The molecule has 1 aromatic heterocycles. The van der Waals surface area contributed by atoms with Gasteiger partial charge < -0.3 is 20.1 Å². The molecule has 0 spiro atoms. The average molecular weight is 426 g/mol. The molecule has 0 radical (unpaired) electrons. The number of pyridine rings is 1. The van der Waals surface area contributed by atoms with Crippen LogP contribution in [0.4, 0.5) is 14.9 Å². The Kier molecular flexibility index (Phi) is 7.41. The highest BCUT2D eigenvalue weighted by molar-refractivity contribution is 5.89. The number of fused-ring (bicyclic) bond motifs is 1. The first-order valence-corrected chi connectivity index (χ1v) is 10.6. The van der Waals surface area contributed by atoms with E-state index in [1.807, 2.05) is 18.2 Å². The lowest BCUT2D eigenvalue weighted by Gasteiger charge is -2.23. The Balaban J connectivity index is 1.84. The first-order valence-electron chi connectivity index (χ1n) is 10.6. The smallest absolute Gasteiger partial charge is 0.322 e. The highest BCUT2D eigenvalue weighted by atomic mass is 19.1. The summed E-state index contributed by atoms with van der Waals surface area (Å²) in [6, 6.07) is 13.2. The van der Waals surface area contributed by atoms with Crippen molar-refractivity contribution in [3.63, 3.8) is 0 Å². The summed E-state index contributed by atoms with van der Waals surface area (Å²) in [5, 5.41) is 3.75. The van der Waals surface area contributed by atoms with Gasteiger partial charge in [0.2, 0.25) is 0 Å². The largest absolute Gasteiger partial charge is 0.340 e. The number of benzene rings is 2. The Bertz CT molecular complexity index is 1090. The number of aromatic nitrogens is 1. The van der Waals surface area contributed by atoms with Crippen LogP contribution in [0.2, 0.25) is 0 Å². The number of nitrogens with one attached hydrogen (secondary N) is 3. The Morgan fingerprint density at radius 1 is 1.13 bits per heavy atom. The Hall–Kier alpha value is -3.19. The first-order chi connectivity index (χ1) is 14.9. The number of amides is 2. The fourth-order valence-electron chi connectivity index (χ4n) is 3.46. The van der Waals surface area contributed by atoms with Crippen LogP contribution < -0.4 is 15.8 Å². The van der Waals surface area contributed by atoms with Crippen molar-refractivity contribution in [3.05, 3.63) is 75.8 Å². The lowest BCUT2D eigenvalue weighted by molar-refractivity contribution is -0.858. The molecule has 164 valence electrons. The van der Waals surface area contributed by atoms with E-state index in [0.717, 1.165) is 30.3 Å². The summed E-state index contributed by atoms with van der Waals surface area (Å²) >= 11 is 0. The number of anilines is 1. The lowest BCUT2D eigenvalue weighted by atomic mass is 10.1. The second-order valence-electron chi connectivity index (χ2n) is 8.07. The maximum absolute atomic E-state index is 13.2. The molecule has 0 atom stereocenters. The maximum atomic E-state index is 13.2. The van der Waals surface area contributed by atoms with Crippen molar-refractivity contribution in [3.8, 4) is 0 Å². The zero-order valence-electron chi connectivity index (χ0n) is 18.3. The van der Waals surface area contributed by atoms with Crippen LogP contribution in [0.25, 0.3) is 10.9 Å². The van der Waals surface area contributed by atoms with Gasteiger partial charge in [-0.3, -0.25) is 4.79 Å². The van der Waals surface area contributed by atoms with E-state index in [0.29, 0.717) is 17.8 Å². The van der Waals surface area contributed by atoms with Crippen molar-refractivity contribution in [2.45, 2.75) is 26.3 Å². The van der Waals surface area contributed by atoms with E-state index in [1.165, 1.54) is 34.7 Å². The fourth-order valence-corrected chi connectivity index (χ4v) is 3.46. The zero-order chi connectivity index (χ0) is 22.4. The number of quaternary nitrogens is 1. The number of hydrogen-bond donors (Lipinski definition) is 3. The molecule has 0 aliphatic carbocycles. The van der Waals surface area contributed by atoms with Crippen LogP contribution >= 0.6 is 0 Å². The minimum absolute atomic E-state index is 0.192. The number of carbonyl (C=O) groups excluding carboxylic acids is 1. The number of hydrogen-bond acceptors (Lipinski definition) is 2. The highest BCUT2D eigenvalue weighted by Crippen LogP contribution is 2.16. The molecule has 0 saturated heterocycles. The third-order valence-electron chi connectivity index (χ3n) is 5.24. The number of halogens is 1.